The van der Waals surface area contributed by atoms with Crippen molar-refractivity contribution < 1.29 is 14.7 Å². The maximum absolute atomic E-state index is 11.5. The van der Waals surface area contributed by atoms with Gasteiger partial charge in [0.05, 0.1) is 6.61 Å². The van der Waals surface area contributed by atoms with E-state index in [0.29, 0.717) is 26.2 Å². The highest BCUT2D eigenvalue weighted by atomic mass is 16.3. The van der Waals surface area contributed by atoms with Gasteiger partial charge in [0.25, 0.3) is 0 Å². The minimum absolute atomic E-state index is 0.0218. The largest absolute Gasteiger partial charge is 0.394 e. The predicted octanol–water partition coefficient (Wildman–Crippen LogP) is -2.00. The second-order valence-corrected chi connectivity index (χ2v) is 3.62. The van der Waals surface area contributed by atoms with Gasteiger partial charge < -0.3 is 20.6 Å². The van der Waals surface area contributed by atoms with Gasteiger partial charge in [-0.2, -0.15) is 0 Å². The minimum atomic E-state index is -0.839. The molecule has 2 amide bonds. The van der Waals surface area contributed by atoms with Crippen molar-refractivity contribution in [2.24, 2.45) is 5.73 Å². The molecule has 0 radical (unpaired) electrons. The molecule has 6 heteroatoms. The van der Waals surface area contributed by atoms with Gasteiger partial charge in [-0.05, 0) is 0 Å². The number of carbonyl (C=O) groups excluding carboxylic acids is 2. The van der Waals surface area contributed by atoms with E-state index >= 15 is 0 Å². The zero-order valence-corrected chi connectivity index (χ0v) is 8.85. The maximum atomic E-state index is 11.5. The number of nitrogens with two attached hydrogens (primary N) is 1. The molecule has 0 spiro atoms. The quantitative estimate of drug-likeness (QED) is 0.557. The van der Waals surface area contributed by atoms with E-state index in [1.54, 1.807) is 9.80 Å². The van der Waals surface area contributed by atoms with Crippen molar-refractivity contribution in [2.75, 3.05) is 32.8 Å². The normalized spacial score (nSPS) is 18.9. The van der Waals surface area contributed by atoms with Crippen LogP contribution in [0.2, 0.25) is 0 Å². The summed E-state index contributed by atoms with van der Waals surface area (Å²) in [7, 11) is 0. The topological polar surface area (TPSA) is 86.9 Å². The third kappa shape index (κ3) is 2.90. The molecule has 0 aromatic carbocycles. The Labute approximate surface area is 88.6 Å². The molecule has 1 fully saturated rings. The van der Waals surface area contributed by atoms with Crippen LogP contribution in [0.4, 0.5) is 0 Å². The van der Waals surface area contributed by atoms with E-state index < -0.39 is 6.04 Å². The summed E-state index contributed by atoms with van der Waals surface area (Å²) in [6.07, 6.45) is 0. The molecule has 3 N–H and O–H groups in total. The van der Waals surface area contributed by atoms with Crippen molar-refractivity contribution >= 4 is 11.8 Å². The van der Waals surface area contributed by atoms with Crippen molar-refractivity contribution in [3.63, 3.8) is 0 Å². The molecule has 1 aliphatic rings. The number of rotatable bonds is 2. The highest BCUT2D eigenvalue weighted by Crippen LogP contribution is 2.03. The Morgan fingerprint density at radius 1 is 1.27 bits per heavy atom. The lowest BCUT2D eigenvalue weighted by Gasteiger charge is -2.35. The van der Waals surface area contributed by atoms with Crippen LogP contribution in [0.25, 0.3) is 0 Å². The van der Waals surface area contributed by atoms with Crippen LogP contribution >= 0.6 is 0 Å². The molecule has 86 valence electrons. The zero-order valence-electron chi connectivity index (χ0n) is 8.85. The van der Waals surface area contributed by atoms with Crippen LogP contribution in [0.15, 0.2) is 0 Å². The number of amides is 2. The smallest absolute Gasteiger partial charge is 0.241 e. The van der Waals surface area contributed by atoms with Crippen LogP contribution in [0.1, 0.15) is 6.92 Å². The first-order valence-corrected chi connectivity index (χ1v) is 4.97. The van der Waals surface area contributed by atoms with Gasteiger partial charge in [-0.15, -0.1) is 0 Å². The first kappa shape index (κ1) is 11.9. The first-order chi connectivity index (χ1) is 7.06. The van der Waals surface area contributed by atoms with Gasteiger partial charge in [-0.25, -0.2) is 0 Å². The monoisotopic (exact) mass is 215 g/mol. The van der Waals surface area contributed by atoms with E-state index in [4.69, 9.17) is 10.8 Å². The standard InChI is InChI=1S/C9H17N3O3/c1-7(14)11-2-4-12(5-3-11)9(15)8(10)6-13/h8,13H,2-6,10H2,1H3. The molecule has 0 aromatic heterocycles. The predicted molar refractivity (Wildman–Crippen MR) is 53.9 cm³/mol. The summed E-state index contributed by atoms with van der Waals surface area (Å²) in [5, 5.41) is 8.74. The highest BCUT2D eigenvalue weighted by molar-refractivity contribution is 5.82. The molecule has 6 nitrogen and oxygen atoms in total. The van der Waals surface area contributed by atoms with Crippen molar-refractivity contribution in [3.8, 4) is 0 Å². The van der Waals surface area contributed by atoms with Crippen LogP contribution < -0.4 is 5.73 Å². The summed E-state index contributed by atoms with van der Waals surface area (Å²) in [6, 6.07) is -0.839. The molecule has 0 bridgehead atoms. The minimum Gasteiger partial charge on any atom is -0.394 e. The van der Waals surface area contributed by atoms with Gasteiger partial charge in [0.15, 0.2) is 0 Å². The molecular weight excluding hydrogens is 198 g/mol. The summed E-state index contributed by atoms with van der Waals surface area (Å²) in [6.45, 7) is 3.24. The summed E-state index contributed by atoms with van der Waals surface area (Å²) in [4.78, 5) is 25.8. The molecule has 1 saturated heterocycles. The van der Waals surface area contributed by atoms with Crippen molar-refractivity contribution in [1.82, 2.24) is 9.80 Å². The summed E-state index contributed by atoms with van der Waals surface area (Å²) in [5.74, 6) is -0.228. The number of aliphatic hydroxyl groups excluding tert-OH is 1. The van der Waals surface area contributed by atoms with E-state index in [1.807, 2.05) is 0 Å². The van der Waals surface area contributed by atoms with Crippen molar-refractivity contribution in [2.45, 2.75) is 13.0 Å². The Balaban J connectivity index is 2.43. The highest BCUT2D eigenvalue weighted by Gasteiger charge is 2.25. The Bertz CT molecular complexity index is 249. The van der Waals surface area contributed by atoms with Crippen molar-refractivity contribution in [3.05, 3.63) is 0 Å². The number of aliphatic hydroxyl groups is 1. The molecule has 1 atom stereocenters. The van der Waals surface area contributed by atoms with Gasteiger partial charge in [0, 0.05) is 33.1 Å². The Hall–Kier alpha value is -1.14. The zero-order chi connectivity index (χ0) is 11.4. The van der Waals surface area contributed by atoms with Crippen LogP contribution in [0, 0.1) is 0 Å². The van der Waals surface area contributed by atoms with E-state index in [0.717, 1.165) is 0 Å². The third-order valence-corrected chi connectivity index (χ3v) is 2.55. The lowest BCUT2D eigenvalue weighted by Crippen LogP contribution is -2.54. The van der Waals surface area contributed by atoms with Crippen LogP contribution in [-0.2, 0) is 9.59 Å². The molecule has 1 unspecified atom stereocenters. The van der Waals surface area contributed by atoms with Gasteiger partial charge >= 0.3 is 0 Å². The average Bonchev–Trinajstić information content (AvgIpc) is 2.27. The third-order valence-electron chi connectivity index (χ3n) is 2.55. The first-order valence-electron chi connectivity index (χ1n) is 4.97. The van der Waals surface area contributed by atoms with E-state index in [2.05, 4.69) is 0 Å². The fourth-order valence-corrected chi connectivity index (χ4v) is 1.55. The van der Waals surface area contributed by atoms with Gasteiger partial charge in [-0.3, -0.25) is 9.59 Å². The number of hydrogen-bond donors (Lipinski definition) is 2. The van der Waals surface area contributed by atoms with Gasteiger partial charge in [0.2, 0.25) is 11.8 Å². The number of piperazine rings is 1. The van der Waals surface area contributed by atoms with Crippen LogP contribution in [-0.4, -0.2) is 65.5 Å². The molecule has 0 saturated carbocycles. The fourth-order valence-electron chi connectivity index (χ4n) is 1.55. The number of carbonyl (C=O) groups is 2. The van der Waals surface area contributed by atoms with Gasteiger partial charge in [0.1, 0.15) is 6.04 Å². The van der Waals surface area contributed by atoms with Crippen LogP contribution in [0.5, 0.6) is 0 Å². The Morgan fingerprint density at radius 3 is 2.13 bits per heavy atom. The summed E-state index contributed by atoms with van der Waals surface area (Å²) >= 11 is 0. The maximum Gasteiger partial charge on any atom is 0.241 e. The van der Waals surface area contributed by atoms with Crippen LogP contribution in [0.3, 0.4) is 0 Å². The molecule has 0 aromatic rings. The Kier molecular flexibility index (Phi) is 4.05. The van der Waals surface area contributed by atoms with E-state index in [1.165, 1.54) is 6.92 Å². The average molecular weight is 215 g/mol. The van der Waals surface area contributed by atoms with E-state index in [-0.39, 0.29) is 18.4 Å². The number of nitrogens with zero attached hydrogens (tertiary/aromatic N) is 2. The summed E-state index contributed by atoms with van der Waals surface area (Å²) < 4.78 is 0. The molecule has 1 rings (SSSR count). The van der Waals surface area contributed by atoms with E-state index in [9.17, 15) is 9.59 Å². The number of hydrogen-bond acceptors (Lipinski definition) is 4. The molecule has 15 heavy (non-hydrogen) atoms. The molecular formula is C9H17N3O3. The Morgan fingerprint density at radius 2 is 1.73 bits per heavy atom. The fraction of sp³-hybridized carbons (Fsp3) is 0.778. The second kappa shape index (κ2) is 5.09. The SMILES string of the molecule is CC(=O)N1CCN(C(=O)C(N)CO)CC1. The second-order valence-electron chi connectivity index (χ2n) is 3.62. The van der Waals surface area contributed by atoms with Crippen molar-refractivity contribution in [1.29, 1.82) is 0 Å². The molecule has 0 aliphatic carbocycles. The summed E-state index contributed by atoms with van der Waals surface area (Å²) in [5.41, 5.74) is 5.42. The lowest BCUT2D eigenvalue weighted by atomic mass is 10.2. The molecule has 1 heterocycles. The van der Waals surface area contributed by atoms with Gasteiger partial charge in [-0.1, -0.05) is 0 Å². The molecule has 1 aliphatic heterocycles. The lowest BCUT2D eigenvalue weighted by molar-refractivity contribution is -0.139.